The lowest BCUT2D eigenvalue weighted by molar-refractivity contribution is -0.121. The standard InChI is InChI=1S/C20H32N2O7P2/c1-4-27-20(30-25,28-5-2)31(26,29-6-3)16-22-13-11-21(12-14-22)15-17-7-9-18(10-8-17)19(23)24/h7-10H,4-6,11-16H2,1-3H3,(H,23,24)/p+1. The van der Waals surface area contributed by atoms with Gasteiger partial charge in [-0.05, 0) is 38.5 Å². The largest absolute Gasteiger partial charge is 0.478 e. The molecule has 31 heavy (non-hydrogen) atoms. The van der Waals surface area contributed by atoms with Crippen molar-refractivity contribution in [2.24, 2.45) is 0 Å². The molecule has 0 aliphatic carbocycles. The second-order valence-electron chi connectivity index (χ2n) is 7.18. The van der Waals surface area contributed by atoms with E-state index >= 15 is 0 Å². The highest BCUT2D eigenvalue weighted by Gasteiger charge is 2.61. The molecule has 1 saturated heterocycles. The number of carboxylic acid groups (broad SMARTS) is 1. The molecule has 1 aliphatic heterocycles. The number of benzene rings is 1. The molecule has 9 nitrogen and oxygen atoms in total. The van der Waals surface area contributed by atoms with Crippen molar-refractivity contribution in [1.82, 2.24) is 9.80 Å². The molecule has 1 N–H and O–H groups in total. The Morgan fingerprint density at radius 3 is 2.03 bits per heavy atom. The van der Waals surface area contributed by atoms with E-state index < -0.39 is 27.1 Å². The van der Waals surface area contributed by atoms with Gasteiger partial charge in [-0.25, -0.2) is 4.79 Å². The Bertz CT molecular complexity index is 761. The van der Waals surface area contributed by atoms with Gasteiger partial charge in [0.05, 0.1) is 31.7 Å². The van der Waals surface area contributed by atoms with Crippen LogP contribution in [0.25, 0.3) is 0 Å². The third kappa shape index (κ3) is 6.65. The van der Waals surface area contributed by atoms with Crippen LogP contribution in [0, 0.1) is 0 Å². The quantitative estimate of drug-likeness (QED) is 0.339. The highest BCUT2D eigenvalue weighted by atomic mass is 31.2. The Morgan fingerprint density at radius 1 is 1.03 bits per heavy atom. The van der Waals surface area contributed by atoms with E-state index in [-0.39, 0.29) is 31.7 Å². The van der Waals surface area contributed by atoms with E-state index in [1.54, 1.807) is 32.9 Å². The molecule has 2 unspecified atom stereocenters. The molecule has 0 radical (unpaired) electrons. The van der Waals surface area contributed by atoms with Crippen LogP contribution < -0.4 is 0 Å². The molecule has 0 amide bonds. The summed E-state index contributed by atoms with van der Waals surface area (Å²) in [6, 6.07) is 6.87. The average Bonchev–Trinajstić information content (AvgIpc) is 2.75. The zero-order valence-electron chi connectivity index (χ0n) is 18.4. The van der Waals surface area contributed by atoms with Gasteiger partial charge in [-0.2, -0.15) is 0 Å². The second-order valence-corrected chi connectivity index (χ2v) is 10.9. The van der Waals surface area contributed by atoms with Crippen LogP contribution in [0.15, 0.2) is 24.3 Å². The molecule has 0 aromatic heterocycles. The number of aromatic carboxylic acids is 1. The van der Waals surface area contributed by atoms with Gasteiger partial charge in [-0.1, -0.05) is 16.7 Å². The minimum atomic E-state index is -3.56. The number of hydrogen-bond acceptors (Lipinski definition) is 8. The van der Waals surface area contributed by atoms with Gasteiger partial charge < -0.3 is 19.1 Å². The second kappa shape index (κ2) is 12.2. The maximum Gasteiger partial charge on any atom is 0.449 e. The Kier molecular flexibility index (Phi) is 10.2. The number of carbonyl (C=O) groups is 1. The maximum atomic E-state index is 13.8. The lowest BCUT2D eigenvalue weighted by Crippen LogP contribution is -2.47. The molecule has 1 aromatic rings. The monoisotopic (exact) mass is 475 g/mol. The van der Waals surface area contributed by atoms with Crippen LogP contribution in [-0.4, -0.2) is 78.4 Å². The molecule has 1 aliphatic rings. The summed E-state index contributed by atoms with van der Waals surface area (Å²) in [5, 5.41) is 7.27. The first-order chi connectivity index (χ1) is 14.8. The van der Waals surface area contributed by atoms with E-state index in [0.717, 1.165) is 18.7 Å². The highest BCUT2D eigenvalue weighted by Crippen LogP contribution is 2.65. The summed E-state index contributed by atoms with van der Waals surface area (Å²) >= 11 is 0. The van der Waals surface area contributed by atoms with Crippen molar-refractivity contribution in [3.05, 3.63) is 35.4 Å². The predicted octanol–water partition coefficient (Wildman–Crippen LogP) is 3.48. The van der Waals surface area contributed by atoms with E-state index in [2.05, 4.69) is 4.90 Å². The number of nitrogens with zero attached hydrogens (tertiary/aromatic N) is 2. The third-order valence-corrected chi connectivity index (χ3v) is 9.50. The van der Waals surface area contributed by atoms with E-state index in [1.807, 2.05) is 17.0 Å². The van der Waals surface area contributed by atoms with Crippen LogP contribution in [0.3, 0.4) is 0 Å². The SMILES string of the molecule is CCOC(OCC)([PH+]=O)P(=O)(CN1CCN(Cc2ccc(C(=O)O)cc2)CC1)OCC. The van der Waals surface area contributed by atoms with Gasteiger partial charge in [-0.3, -0.25) is 14.4 Å². The number of hydrogen-bond donors (Lipinski definition) is 1. The molecule has 11 heteroatoms. The van der Waals surface area contributed by atoms with Crippen LogP contribution in [0.5, 0.6) is 0 Å². The van der Waals surface area contributed by atoms with Crippen molar-refractivity contribution in [1.29, 1.82) is 0 Å². The fraction of sp³-hybridized carbons (Fsp3) is 0.650. The molecule has 1 heterocycles. The summed E-state index contributed by atoms with van der Waals surface area (Å²) < 4.78 is 42.8. The van der Waals surface area contributed by atoms with Gasteiger partial charge in [0.15, 0.2) is 0 Å². The number of piperazine rings is 1. The van der Waals surface area contributed by atoms with Gasteiger partial charge in [0.1, 0.15) is 0 Å². The lowest BCUT2D eigenvalue weighted by atomic mass is 10.1. The Morgan fingerprint density at radius 2 is 1.58 bits per heavy atom. The zero-order chi connectivity index (χ0) is 22.9. The maximum absolute atomic E-state index is 13.8. The predicted molar refractivity (Wildman–Crippen MR) is 119 cm³/mol. The van der Waals surface area contributed by atoms with Crippen molar-refractivity contribution in [3.63, 3.8) is 0 Å². The Balaban J connectivity index is 2.01. The summed E-state index contributed by atoms with van der Waals surface area (Å²) in [7, 11) is -4.63. The summed E-state index contributed by atoms with van der Waals surface area (Å²) in [6.07, 6.45) is 0.108. The van der Waals surface area contributed by atoms with Crippen molar-refractivity contribution in [2.75, 3.05) is 52.3 Å². The summed E-state index contributed by atoms with van der Waals surface area (Å²) in [6.45, 7) is 9.40. The van der Waals surface area contributed by atoms with E-state index in [1.165, 1.54) is 0 Å². The molecule has 0 spiro atoms. The molecule has 1 aromatic carbocycles. The van der Waals surface area contributed by atoms with Crippen LogP contribution in [-0.2, 0) is 29.7 Å². The van der Waals surface area contributed by atoms with E-state index in [0.29, 0.717) is 19.6 Å². The number of ether oxygens (including phenoxy) is 2. The van der Waals surface area contributed by atoms with E-state index in [9.17, 15) is 13.9 Å². The third-order valence-electron chi connectivity index (χ3n) is 5.05. The summed E-state index contributed by atoms with van der Waals surface area (Å²) in [5.41, 5.74) is 1.31. The fourth-order valence-electron chi connectivity index (χ4n) is 3.55. The Hall–Kier alpha value is -1.18. The minimum Gasteiger partial charge on any atom is -0.478 e. The van der Waals surface area contributed by atoms with Crippen LogP contribution in [0.4, 0.5) is 0 Å². The zero-order valence-corrected chi connectivity index (χ0v) is 20.3. The van der Waals surface area contributed by atoms with Crippen LogP contribution >= 0.6 is 15.8 Å². The average molecular weight is 475 g/mol. The molecule has 0 bridgehead atoms. The van der Waals surface area contributed by atoms with Crippen molar-refractivity contribution < 1.29 is 33.0 Å². The van der Waals surface area contributed by atoms with E-state index in [4.69, 9.17) is 19.1 Å². The minimum absolute atomic E-state index is 0.108. The van der Waals surface area contributed by atoms with Gasteiger partial charge in [-0.15, -0.1) is 0 Å². The molecule has 2 rings (SSSR count). The van der Waals surface area contributed by atoms with Gasteiger partial charge in [0.25, 0.3) is 0 Å². The first-order valence-electron chi connectivity index (χ1n) is 10.5. The van der Waals surface area contributed by atoms with Crippen molar-refractivity contribution >= 4 is 21.8 Å². The lowest BCUT2D eigenvalue weighted by Gasteiger charge is -2.37. The molecule has 1 fully saturated rings. The van der Waals surface area contributed by atoms with Gasteiger partial charge in [0, 0.05) is 32.7 Å². The first-order valence-corrected chi connectivity index (χ1v) is 13.2. The fourth-order valence-corrected chi connectivity index (χ4v) is 7.23. The van der Waals surface area contributed by atoms with Crippen molar-refractivity contribution in [2.45, 2.75) is 32.6 Å². The van der Waals surface area contributed by atoms with Crippen molar-refractivity contribution in [3.8, 4) is 0 Å². The smallest absolute Gasteiger partial charge is 0.449 e. The normalized spacial score (nSPS) is 18.2. The first kappa shape index (κ1) is 26.1. The van der Waals surface area contributed by atoms with Crippen LogP contribution in [0.1, 0.15) is 36.7 Å². The number of carboxylic acids is 1. The molecule has 0 saturated carbocycles. The van der Waals surface area contributed by atoms with Crippen LogP contribution in [0.2, 0.25) is 0 Å². The van der Waals surface area contributed by atoms with Gasteiger partial charge in [0.2, 0.25) is 0 Å². The molecular weight excluding hydrogens is 442 g/mol. The Labute approximate surface area is 185 Å². The molecular formula is C20H33N2O7P2+. The summed E-state index contributed by atoms with van der Waals surface area (Å²) in [4.78, 5) is 15.3. The topological polar surface area (TPSA) is 106 Å². The summed E-state index contributed by atoms with van der Waals surface area (Å²) in [5.74, 6) is -0.937. The number of rotatable bonds is 13. The highest BCUT2D eigenvalue weighted by molar-refractivity contribution is 7.68. The molecule has 2 atom stereocenters. The molecule has 174 valence electrons. The van der Waals surface area contributed by atoms with Gasteiger partial charge >= 0.3 is 27.1 Å².